The van der Waals surface area contributed by atoms with Crippen LogP contribution in [0.3, 0.4) is 0 Å². The summed E-state index contributed by atoms with van der Waals surface area (Å²) in [5.41, 5.74) is 0. The van der Waals surface area contributed by atoms with E-state index in [2.05, 4.69) is 19.2 Å². The second kappa shape index (κ2) is 8.88. The fourth-order valence-corrected chi connectivity index (χ4v) is 5.79. The Labute approximate surface area is 167 Å². The first-order chi connectivity index (χ1) is 13.3. The summed E-state index contributed by atoms with van der Waals surface area (Å²) in [4.78, 5) is 13.2. The molecule has 2 N–H and O–H groups in total. The molecule has 2 aliphatic rings. The van der Waals surface area contributed by atoms with E-state index in [0.717, 1.165) is 23.8 Å². The van der Waals surface area contributed by atoms with E-state index >= 15 is 0 Å². The summed E-state index contributed by atoms with van der Waals surface area (Å²) in [5.74, 6) is 0.410. The molecule has 0 unspecified atom stereocenters. The van der Waals surface area contributed by atoms with Crippen molar-refractivity contribution in [2.75, 3.05) is 32.7 Å². The topological polar surface area (TPSA) is 70.9 Å². The normalized spacial score (nSPS) is 27.5. The van der Waals surface area contributed by atoms with E-state index in [1.54, 1.807) is 0 Å². The Bertz CT molecular complexity index is 794. The van der Waals surface area contributed by atoms with Crippen LogP contribution in [-0.4, -0.2) is 57.4 Å². The molecule has 1 aromatic rings. The van der Waals surface area contributed by atoms with Crippen molar-refractivity contribution in [2.24, 2.45) is 11.8 Å². The summed E-state index contributed by atoms with van der Waals surface area (Å²) < 4.78 is 40.6. The predicted molar refractivity (Wildman–Crippen MR) is 105 cm³/mol. The molecule has 1 aliphatic carbocycles. The van der Waals surface area contributed by atoms with Gasteiger partial charge in [0, 0.05) is 6.04 Å². The maximum atomic E-state index is 13.9. The molecule has 0 aromatic heterocycles. The third kappa shape index (κ3) is 4.72. The number of amides is 1. The Balaban J connectivity index is 1.51. The molecule has 3 rings (SSSR count). The molecule has 1 aliphatic heterocycles. The molecule has 1 saturated carbocycles. The van der Waals surface area contributed by atoms with E-state index in [9.17, 15) is 17.6 Å². The van der Waals surface area contributed by atoms with Crippen molar-refractivity contribution in [1.29, 1.82) is 0 Å². The molecule has 3 atom stereocenters. The van der Waals surface area contributed by atoms with Gasteiger partial charge in [0.15, 0.2) is 6.54 Å². The second-order valence-electron chi connectivity index (χ2n) is 8.20. The Hall–Kier alpha value is -1.51. The molecule has 1 amide bonds. The molecule has 8 heteroatoms. The number of hydrogen-bond acceptors (Lipinski definition) is 3. The molecule has 0 bridgehead atoms. The van der Waals surface area contributed by atoms with Gasteiger partial charge in [-0.3, -0.25) is 4.79 Å². The molecule has 0 radical (unpaired) electrons. The number of sulfonamides is 1. The van der Waals surface area contributed by atoms with Crippen LogP contribution >= 0.6 is 0 Å². The number of rotatable bonds is 5. The minimum Gasteiger partial charge on any atom is -0.348 e. The summed E-state index contributed by atoms with van der Waals surface area (Å²) in [6.45, 7) is 6.45. The number of nitrogens with zero attached hydrogens (tertiary/aromatic N) is 1. The highest BCUT2D eigenvalue weighted by atomic mass is 32.2. The first kappa shape index (κ1) is 21.2. The van der Waals surface area contributed by atoms with Crippen LogP contribution < -0.4 is 10.2 Å². The second-order valence-corrected chi connectivity index (χ2v) is 10.1. The van der Waals surface area contributed by atoms with Crippen LogP contribution in [0.2, 0.25) is 0 Å². The zero-order valence-electron chi connectivity index (χ0n) is 16.7. The molecular formula is C20H31FN3O3S+. The van der Waals surface area contributed by atoms with Gasteiger partial charge in [0.25, 0.3) is 5.91 Å². The molecule has 1 saturated heterocycles. The van der Waals surface area contributed by atoms with Gasteiger partial charge in [0.1, 0.15) is 10.7 Å². The van der Waals surface area contributed by atoms with Crippen LogP contribution in [0, 0.1) is 17.7 Å². The lowest BCUT2D eigenvalue weighted by Crippen LogP contribution is -3.15. The average molecular weight is 413 g/mol. The summed E-state index contributed by atoms with van der Waals surface area (Å²) >= 11 is 0. The number of benzene rings is 1. The minimum atomic E-state index is -3.84. The first-order valence-corrected chi connectivity index (χ1v) is 11.6. The van der Waals surface area contributed by atoms with Gasteiger partial charge in [0.05, 0.1) is 26.2 Å². The van der Waals surface area contributed by atoms with Gasteiger partial charge >= 0.3 is 0 Å². The number of piperazine rings is 1. The quantitative estimate of drug-likeness (QED) is 0.746. The number of halogens is 1. The number of hydrogen-bond donors (Lipinski definition) is 2. The van der Waals surface area contributed by atoms with Crippen LogP contribution in [0.15, 0.2) is 29.2 Å². The lowest BCUT2D eigenvalue weighted by molar-refractivity contribution is -0.895. The third-order valence-corrected chi connectivity index (χ3v) is 8.28. The van der Waals surface area contributed by atoms with Gasteiger partial charge < -0.3 is 10.2 Å². The highest BCUT2D eigenvalue weighted by Crippen LogP contribution is 2.29. The Kier molecular flexibility index (Phi) is 6.73. The fraction of sp³-hybridized carbons (Fsp3) is 0.650. The zero-order valence-corrected chi connectivity index (χ0v) is 17.5. The van der Waals surface area contributed by atoms with Crippen molar-refractivity contribution in [3.05, 3.63) is 30.1 Å². The van der Waals surface area contributed by atoms with E-state index in [-0.39, 0.29) is 29.9 Å². The Morgan fingerprint density at radius 2 is 1.89 bits per heavy atom. The lowest BCUT2D eigenvalue weighted by atomic mass is 9.78. The molecule has 1 heterocycles. The van der Waals surface area contributed by atoms with Gasteiger partial charge in [-0.15, -0.1) is 0 Å². The SMILES string of the molecule is C[C@@H]1[C@H](C)CCC[C@H]1NC(=O)C[NH+]1CCN(S(=O)(=O)c2ccccc2F)CC1. The number of quaternary nitrogens is 1. The van der Waals surface area contributed by atoms with Gasteiger partial charge in [-0.2, -0.15) is 4.31 Å². The van der Waals surface area contributed by atoms with Gasteiger partial charge in [-0.1, -0.05) is 38.8 Å². The highest BCUT2D eigenvalue weighted by molar-refractivity contribution is 7.89. The van der Waals surface area contributed by atoms with E-state index in [1.807, 2.05) is 0 Å². The average Bonchev–Trinajstić information content (AvgIpc) is 2.66. The van der Waals surface area contributed by atoms with E-state index in [4.69, 9.17) is 0 Å². The van der Waals surface area contributed by atoms with E-state index in [1.165, 1.54) is 28.9 Å². The molecule has 1 aromatic carbocycles. The summed E-state index contributed by atoms with van der Waals surface area (Å²) in [6.07, 6.45) is 3.40. The lowest BCUT2D eigenvalue weighted by Gasteiger charge is -2.35. The molecule has 6 nitrogen and oxygen atoms in total. The fourth-order valence-electron chi connectivity index (χ4n) is 4.28. The molecule has 28 heavy (non-hydrogen) atoms. The van der Waals surface area contributed by atoms with E-state index in [0.29, 0.717) is 31.5 Å². The predicted octanol–water partition coefficient (Wildman–Crippen LogP) is 0.656. The minimum absolute atomic E-state index is 0.0337. The van der Waals surface area contributed by atoms with Crippen molar-refractivity contribution in [3.8, 4) is 0 Å². The summed E-state index contributed by atoms with van der Waals surface area (Å²) in [7, 11) is -3.84. The van der Waals surface area contributed by atoms with Crippen molar-refractivity contribution in [2.45, 2.75) is 44.0 Å². The maximum Gasteiger partial charge on any atom is 0.275 e. The van der Waals surface area contributed by atoms with Crippen molar-refractivity contribution >= 4 is 15.9 Å². The van der Waals surface area contributed by atoms with Gasteiger partial charge in [-0.25, -0.2) is 12.8 Å². The smallest absolute Gasteiger partial charge is 0.275 e. The number of carbonyl (C=O) groups excluding carboxylic acids is 1. The van der Waals surface area contributed by atoms with Crippen LogP contribution in [-0.2, 0) is 14.8 Å². The van der Waals surface area contributed by atoms with Crippen molar-refractivity contribution < 1.29 is 22.5 Å². The number of nitrogens with one attached hydrogen (secondary N) is 2. The van der Waals surface area contributed by atoms with Crippen LogP contribution in [0.5, 0.6) is 0 Å². The van der Waals surface area contributed by atoms with Crippen molar-refractivity contribution in [3.63, 3.8) is 0 Å². The number of carbonyl (C=O) groups is 1. The zero-order chi connectivity index (χ0) is 20.3. The molecular weight excluding hydrogens is 381 g/mol. The molecule has 2 fully saturated rings. The third-order valence-electron chi connectivity index (χ3n) is 6.35. The van der Waals surface area contributed by atoms with Crippen molar-refractivity contribution in [1.82, 2.24) is 9.62 Å². The largest absolute Gasteiger partial charge is 0.348 e. The first-order valence-electron chi connectivity index (χ1n) is 10.2. The standard InChI is InChI=1S/C20H30FN3O3S/c1-15-6-5-8-18(16(15)2)22-20(25)14-23-10-12-24(13-11-23)28(26,27)19-9-4-3-7-17(19)21/h3-4,7,9,15-16,18H,5-6,8,10-14H2,1-2H3,(H,22,25)/p+1/t15-,16-,18-/m1/s1. The maximum absolute atomic E-state index is 13.9. The summed E-state index contributed by atoms with van der Waals surface area (Å²) in [6, 6.07) is 5.69. The highest BCUT2D eigenvalue weighted by Gasteiger charge is 2.33. The van der Waals surface area contributed by atoms with Crippen LogP contribution in [0.4, 0.5) is 4.39 Å². The Morgan fingerprint density at radius 3 is 2.57 bits per heavy atom. The van der Waals surface area contributed by atoms with E-state index < -0.39 is 15.8 Å². The molecule has 0 spiro atoms. The summed E-state index contributed by atoms with van der Waals surface area (Å²) in [5, 5.41) is 3.18. The monoisotopic (exact) mass is 412 g/mol. The van der Waals surface area contributed by atoms with Crippen LogP contribution in [0.25, 0.3) is 0 Å². The van der Waals surface area contributed by atoms with Gasteiger partial charge in [-0.05, 0) is 30.4 Å². The van der Waals surface area contributed by atoms with Crippen LogP contribution in [0.1, 0.15) is 33.1 Å². The molecule has 156 valence electrons. The Morgan fingerprint density at radius 1 is 1.21 bits per heavy atom. The van der Waals surface area contributed by atoms with Gasteiger partial charge in [0.2, 0.25) is 10.0 Å².